The van der Waals surface area contributed by atoms with Crippen molar-refractivity contribution in [1.82, 2.24) is 19.7 Å². The van der Waals surface area contributed by atoms with Crippen molar-refractivity contribution in [2.75, 3.05) is 0 Å². The van der Waals surface area contributed by atoms with Crippen LogP contribution in [0.15, 0.2) is 23.5 Å². The Morgan fingerprint density at radius 3 is 3.20 bits per heavy atom. The molecule has 1 N–H and O–H groups in total. The lowest BCUT2D eigenvalue weighted by molar-refractivity contribution is 0.663. The van der Waals surface area contributed by atoms with Crippen molar-refractivity contribution in [3.8, 4) is 0 Å². The molecule has 6 heteroatoms. The molecule has 0 saturated carbocycles. The number of nitrogens with zero attached hydrogens (tertiary/aromatic N) is 3. The topological polar surface area (TPSA) is 63.6 Å². The number of fused-ring (bicyclic) bond motifs is 3. The van der Waals surface area contributed by atoms with Crippen LogP contribution in [0.3, 0.4) is 0 Å². The van der Waals surface area contributed by atoms with Gasteiger partial charge >= 0.3 is 0 Å². The molecule has 5 nitrogen and oxygen atoms in total. The Bertz CT molecular complexity index is 816. The van der Waals surface area contributed by atoms with Gasteiger partial charge in [-0.3, -0.25) is 14.5 Å². The van der Waals surface area contributed by atoms with E-state index in [0.29, 0.717) is 6.54 Å². The number of H-pyrrole nitrogens is 1. The second-order valence-corrected chi connectivity index (χ2v) is 6.22. The van der Waals surface area contributed by atoms with Gasteiger partial charge in [-0.25, -0.2) is 4.98 Å². The number of aromatic amines is 1. The SMILES string of the molecule is O=c1c2c3c(sc2ncn1CCc1cn[nH]c1)CCC3. The van der Waals surface area contributed by atoms with E-state index in [1.165, 1.54) is 16.9 Å². The summed E-state index contributed by atoms with van der Waals surface area (Å²) in [4.78, 5) is 19.3. The first-order chi connectivity index (χ1) is 9.83. The van der Waals surface area contributed by atoms with Gasteiger partial charge in [0, 0.05) is 17.6 Å². The van der Waals surface area contributed by atoms with Crippen molar-refractivity contribution >= 4 is 21.6 Å². The summed E-state index contributed by atoms with van der Waals surface area (Å²) in [7, 11) is 0. The van der Waals surface area contributed by atoms with Crippen LogP contribution in [0.4, 0.5) is 0 Å². The lowest BCUT2D eigenvalue weighted by Gasteiger charge is -2.04. The summed E-state index contributed by atoms with van der Waals surface area (Å²) in [5.41, 5.74) is 2.46. The monoisotopic (exact) mass is 286 g/mol. The van der Waals surface area contributed by atoms with Gasteiger partial charge in [0.25, 0.3) is 5.56 Å². The normalized spacial score (nSPS) is 14.0. The maximum Gasteiger partial charge on any atom is 0.262 e. The maximum absolute atomic E-state index is 12.6. The Morgan fingerprint density at radius 1 is 1.40 bits per heavy atom. The number of rotatable bonds is 3. The van der Waals surface area contributed by atoms with Crippen LogP contribution in [0.1, 0.15) is 22.4 Å². The fourth-order valence-corrected chi connectivity index (χ4v) is 4.06. The van der Waals surface area contributed by atoms with Gasteiger partial charge in [-0.15, -0.1) is 11.3 Å². The molecule has 0 unspecified atom stereocenters. The lowest BCUT2D eigenvalue weighted by Crippen LogP contribution is -2.21. The van der Waals surface area contributed by atoms with Crippen LogP contribution < -0.4 is 5.56 Å². The molecule has 0 spiro atoms. The molecule has 0 atom stereocenters. The minimum absolute atomic E-state index is 0.109. The molecule has 20 heavy (non-hydrogen) atoms. The third kappa shape index (κ3) is 1.79. The molecule has 0 amide bonds. The Balaban J connectivity index is 1.73. The molecule has 0 aromatic carbocycles. The van der Waals surface area contributed by atoms with E-state index in [9.17, 15) is 4.79 Å². The first-order valence-electron chi connectivity index (χ1n) is 6.80. The van der Waals surface area contributed by atoms with Crippen molar-refractivity contribution in [3.05, 3.63) is 45.1 Å². The highest BCUT2D eigenvalue weighted by molar-refractivity contribution is 7.18. The summed E-state index contributed by atoms with van der Waals surface area (Å²) >= 11 is 1.69. The fourth-order valence-electron chi connectivity index (χ4n) is 2.84. The van der Waals surface area contributed by atoms with Gasteiger partial charge in [-0.2, -0.15) is 5.10 Å². The minimum atomic E-state index is 0.109. The molecule has 3 aromatic heterocycles. The van der Waals surface area contributed by atoms with Gasteiger partial charge in [0.05, 0.1) is 17.9 Å². The van der Waals surface area contributed by atoms with Crippen molar-refractivity contribution in [2.45, 2.75) is 32.2 Å². The third-order valence-corrected chi connectivity index (χ3v) is 5.09. The standard InChI is InChI=1S/C14H14N4OS/c19-14-12-10-2-1-3-11(10)20-13(12)15-8-18(14)5-4-9-6-16-17-7-9/h6-8H,1-5H2,(H,16,17). The number of thiophene rings is 1. The Kier molecular flexibility index (Phi) is 2.70. The van der Waals surface area contributed by atoms with Crippen LogP contribution in [0.2, 0.25) is 0 Å². The zero-order valence-corrected chi connectivity index (χ0v) is 11.7. The highest BCUT2D eigenvalue weighted by Crippen LogP contribution is 2.34. The van der Waals surface area contributed by atoms with Gasteiger partial charge in [0.1, 0.15) is 4.83 Å². The van der Waals surface area contributed by atoms with Gasteiger partial charge in [0.15, 0.2) is 0 Å². The predicted molar refractivity (Wildman–Crippen MR) is 78.2 cm³/mol. The van der Waals surface area contributed by atoms with E-state index in [2.05, 4.69) is 15.2 Å². The Labute approximate surface area is 119 Å². The van der Waals surface area contributed by atoms with Crippen LogP contribution in [-0.2, 0) is 25.8 Å². The summed E-state index contributed by atoms with van der Waals surface area (Å²) in [5.74, 6) is 0. The molecule has 0 saturated heterocycles. The maximum atomic E-state index is 12.6. The van der Waals surface area contributed by atoms with E-state index < -0.39 is 0 Å². The first-order valence-corrected chi connectivity index (χ1v) is 7.62. The van der Waals surface area contributed by atoms with Crippen molar-refractivity contribution < 1.29 is 0 Å². The minimum Gasteiger partial charge on any atom is -0.298 e. The molecular formula is C14H14N4OS. The molecule has 1 aliphatic carbocycles. The molecule has 0 aliphatic heterocycles. The zero-order chi connectivity index (χ0) is 13.5. The Morgan fingerprint density at radius 2 is 2.35 bits per heavy atom. The van der Waals surface area contributed by atoms with E-state index in [4.69, 9.17) is 0 Å². The summed E-state index contributed by atoms with van der Waals surface area (Å²) in [6, 6.07) is 0. The molecule has 0 fully saturated rings. The fraction of sp³-hybridized carbons (Fsp3) is 0.357. The zero-order valence-electron chi connectivity index (χ0n) is 10.9. The number of aryl methyl sites for hydroxylation is 4. The van der Waals surface area contributed by atoms with E-state index in [0.717, 1.165) is 35.0 Å². The predicted octanol–water partition coefficient (Wildman–Crippen LogP) is 1.91. The third-order valence-electron chi connectivity index (χ3n) is 3.89. The lowest BCUT2D eigenvalue weighted by atomic mass is 10.2. The van der Waals surface area contributed by atoms with Gasteiger partial charge in [0.2, 0.25) is 0 Å². The van der Waals surface area contributed by atoms with E-state index in [-0.39, 0.29) is 5.56 Å². The summed E-state index contributed by atoms with van der Waals surface area (Å²) in [5, 5.41) is 7.57. The van der Waals surface area contributed by atoms with Crippen LogP contribution in [-0.4, -0.2) is 19.7 Å². The van der Waals surface area contributed by atoms with Crippen LogP contribution in [0.25, 0.3) is 10.2 Å². The van der Waals surface area contributed by atoms with Crippen molar-refractivity contribution in [2.24, 2.45) is 0 Å². The largest absolute Gasteiger partial charge is 0.298 e. The molecule has 0 bridgehead atoms. The molecule has 0 radical (unpaired) electrons. The average molecular weight is 286 g/mol. The van der Waals surface area contributed by atoms with E-state index >= 15 is 0 Å². The molecule has 1 aliphatic rings. The molecule has 4 rings (SSSR count). The van der Waals surface area contributed by atoms with Crippen molar-refractivity contribution in [3.63, 3.8) is 0 Å². The molecular weight excluding hydrogens is 272 g/mol. The quantitative estimate of drug-likeness (QED) is 0.800. The van der Waals surface area contributed by atoms with Gasteiger partial charge < -0.3 is 0 Å². The van der Waals surface area contributed by atoms with E-state index in [1.54, 1.807) is 28.4 Å². The molecule has 102 valence electrons. The van der Waals surface area contributed by atoms with Gasteiger partial charge in [-0.05, 0) is 36.8 Å². The summed E-state index contributed by atoms with van der Waals surface area (Å²) in [6.07, 6.45) is 9.41. The molecule has 3 heterocycles. The number of hydrogen-bond donors (Lipinski definition) is 1. The van der Waals surface area contributed by atoms with E-state index in [1.807, 2.05) is 6.20 Å². The number of hydrogen-bond acceptors (Lipinski definition) is 4. The smallest absolute Gasteiger partial charge is 0.262 e. The number of aromatic nitrogens is 4. The van der Waals surface area contributed by atoms with Crippen molar-refractivity contribution in [1.29, 1.82) is 0 Å². The average Bonchev–Trinajstić information content (AvgIpc) is 3.14. The van der Waals surface area contributed by atoms with Gasteiger partial charge in [-0.1, -0.05) is 0 Å². The first kappa shape index (κ1) is 11.8. The molecule has 3 aromatic rings. The van der Waals surface area contributed by atoms with Crippen LogP contribution >= 0.6 is 11.3 Å². The van der Waals surface area contributed by atoms with Crippen LogP contribution in [0, 0.1) is 0 Å². The summed E-state index contributed by atoms with van der Waals surface area (Å²) in [6.45, 7) is 0.645. The number of nitrogens with one attached hydrogen (secondary N) is 1. The Hall–Kier alpha value is -1.95. The second kappa shape index (κ2) is 4.56. The van der Waals surface area contributed by atoms with Crippen LogP contribution in [0.5, 0.6) is 0 Å². The highest BCUT2D eigenvalue weighted by Gasteiger charge is 2.21. The second-order valence-electron chi connectivity index (χ2n) is 5.14. The highest BCUT2D eigenvalue weighted by atomic mass is 32.1. The summed E-state index contributed by atoms with van der Waals surface area (Å²) < 4.78 is 1.72.